The van der Waals surface area contributed by atoms with Crippen LogP contribution in [0.5, 0.6) is 0 Å². The number of aromatic nitrogens is 9. The van der Waals surface area contributed by atoms with Crippen molar-refractivity contribution in [1.82, 2.24) is 44.9 Å². The van der Waals surface area contributed by atoms with Crippen molar-refractivity contribution in [2.45, 2.75) is 0 Å². The van der Waals surface area contributed by atoms with Gasteiger partial charge in [-0.3, -0.25) is 0 Å². The molecule has 6 heterocycles. The predicted octanol–water partition coefficient (Wildman–Crippen LogP) is 32.2. The number of rotatable bonds is 12. The zero-order valence-electron chi connectivity index (χ0n) is 86.4. The first kappa shape index (κ1) is 64.4. The van der Waals surface area contributed by atoms with Crippen molar-refractivity contribution in [3.63, 3.8) is 0 Å². The highest BCUT2D eigenvalue weighted by Gasteiger charge is 2.23. The second-order valence-corrected chi connectivity index (χ2v) is 32.8. The van der Waals surface area contributed by atoms with Crippen LogP contribution in [-0.2, 0) is 0 Å². The fourth-order valence-corrected chi connectivity index (χ4v) is 17.7. The molecule has 0 aliphatic rings. The minimum absolute atomic E-state index is 0.139. The quantitative estimate of drug-likeness (QED) is 0.114. The summed E-state index contributed by atoms with van der Waals surface area (Å²) in [5.74, 6) is 4.20. The van der Waals surface area contributed by atoms with Gasteiger partial charge in [0.25, 0.3) is 0 Å². The molecule has 0 N–H and O–H groups in total. The summed E-state index contributed by atoms with van der Waals surface area (Å²) in [6.45, 7) is 0. The largest absolute Gasteiger partial charge is 0.456 e. The van der Waals surface area contributed by atoms with E-state index >= 15 is 0 Å². The lowest BCUT2D eigenvalue weighted by Crippen LogP contribution is -2.00. The zero-order valence-corrected chi connectivity index (χ0v) is 71.4. The third-order valence-electron chi connectivity index (χ3n) is 24.5. The third kappa shape index (κ3) is 15.3. The summed E-state index contributed by atoms with van der Waals surface area (Å²) in [5, 5.41) is 19.2. The van der Waals surface area contributed by atoms with Crippen LogP contribution in [0, 0.1) is 0 Å². The SMILES string of the molecule is [2H]c1c([2H])c([2H])c(-c2ccc(-c3nc(-c4ccc5ccccc5c4)nc(-c4ccc5c(c4)oc4cc6ccccc6cc45)n3)cc2)c([2H])c1[2H].[2H]c1c([2H])c([2H])c(-c2ccc(-c3nc(-c4ccc5ccccc5c4)nc(-c4ccc5oc6cc7ccccc7cc6c5c4)n3)cc2)c([2H])c1[2H].[2H]c1c([2H])c([2H])c(-c2ccc(-c3nc(-c4ccc5ccccc5c4)nc(-c4cccc5c4oc4cc6ccccc6cc45)n3)cc2)c([2H])c1[2H]. The molecule has 0 saturated heterocycles. The topological polar surface area (TPSA) is 155 Å². The van der Waals surface area contributed by atoms with Crippen LogP contribution < -0.4 is 0 Å². The first-order valence-electron chi connectivity index (χ1n) is 51.3. The average Bonchev–Trinajstić information content (AvgIpc) is 1.60. The van der Waals surface area contributed by atoms with Gasteiger partial charge in [-0.1, -0.05) is 364 Å². The van der Waals surface area contributed by atoms with Gasteiger partial charge in [0.2, 0.25) is 0 Å². The van der Waals surface area contributed by atoms with Gasteiger partial charge in [0, 0.05) is 76.8 Å². The molecule has 0 atom stereocenters. The van der Waals surface area contributed by atoms with E-state index in [0.717, 1.165) is 158 Å². The molecule has 12 nitrogen and oxygen atoms in total. The number of furan rings is 3. The Kier molecular flexibility index (Phi) is 16.0. The van der Waals surface area contributed by atoms with Crippen molar-refractivity contribution in [2.24, 2.45) is 0 Å². The van der Waals surface area contributed by atoms with E-state index < -0.39 is 18.1 Å². The Morgan fingerprint density at radius 2 is 0.407 bits per heavy atom. The molecule has 12 heteroatoms. The number of hydrogen-bond acceptors (Lipinski definition) is 12. The molecule has 0 spiro atoms. The molecule has 0 radical (unpaired) electrons. The molecule has 27 rings (SSSR count). The molecule has 0 aliphatic carbocycles. The first-order valence-corrected chi connectivity index (χ1v) is 43.8. The van der Waals surface area contributed by atoms with E-state index in [2.05, 4.69) is 140 Å². The molecular weight excluding hydrogens is 1650 g/mol. The van der Waals surface area contributed by atoms with Crippen molar-refractivity contribution in [3.05, 3.63) is 455 Å². The molecule has 0 aliphatic heterocycles. The number of para-hydroxylation sites is 1. The highest BCUT2D eigenvalue weighted by atomic mass is 16.3. The van der Waals surface area contributed by atoms with E-state index in [1.165, 1.54) is 0 Å². The van der Waals surface area contributed by atoms with Gasteiger partial charge in [-0.2, -0.15) is 0 Å². The monoisotopic (exact) mass is 1740 g/mol. The molecule has 630 valence electrons. The van der Waals surface area contributed by atoms with Gasteiger partial charge in [-0.15, -0.1) is 0 Å². The molecule has 135 heavy (non-hydrogen) atoms. The van der Waals surface area contributed by atoms with Crippen LogP contribution in [0.4, 0.5) is 0 Å². The van der Waals surface area contributed by atoms with Crippen LogP contribution in [0.1, 0.15) is 20.6 Å². The van der Waals surface area contributed by atoms with Crippen LogP contribution in [0.25, 0.3) is 266 Å². The summed E-state index contributed by atoms with van der Waals surface area (Å²) in [6.07, 6.45) is 0. The van der Waals surface area contributed by atoms with E-state index in [9.17, 15) is 0 Å². The van der Waals surface area contributed by atoms with E-state index in [1.807, 2.05) is 152 Å². The number of benzene rings is 21. The molecule has 0 bridgehead atoms. The van der Waals surface area contributed by atoms with E-state index in [-0.39, 0.29) is 89.2 Å². The Morgan fingerprint density at radius 3 is 0.793 bits per heavy atom. The molecule has 0 fully saturated rings. The van der Waals surface area contributed by atoms with E-state index in [1.54, 1.807) is 72.8 Å². The van der Waals surface area contributed by atoms with Crippen LogP contribution >= 0.6 is 0 Å². The second-order valence-electron chi connectivity index (χ2n) is 32.8. The minimum atomic E-state index is -0.424. The van der Waals surface area contributed by atoms with Gasteiger partial charge in [0.1, 0.15) is 33.5 Å². The van der Waals surface area contributed by atoms with Crippen molar-refractivity contribution in [2.75, 3.05) is 0 Å². The lowest BCUT2D eigenvalue weighted by atomic mass is 10.0. The molecule has 21 aromatic carbocycles. The summed E-state index contributed by atoms with van der Waals surface area (Å²) in [4.78, 5) is 44.5. The summed E-state index contributed by atoms with van der Waals surface area (Å²) < 4.78 is 142. The van der Waals surface area contributed by atoms with Crippen LogP contribution in [0.15, 0.2) is 468 Å². The van der Waals surface area contributed by atoms with Crippen LogP contribution in [0.3, 0.4) is 0 Å². The molecule has 0 unspecified atom stereocenters. The summed E-state index contributed by atoms with van der Waals surface area (Å²) in [6, 6.07) is 114. The molecule has 6 aromatic heterocycles. The highest BCUT2D eigenvalue weighted by Crippen LogP contribution is 2.43. The molecule has 27 aromatic rings. The maximum atomic E-state index is 8.43. The van der Waals surface area contributed by atoms with Gasteiger partial charge in [-0.25, -0.2) is 44.9 Å². The van der Waals surface area contributed by atoms with Crippen LogP contribution in [0.2, 0.25) is 0 Å². The lowest BCUT2D eigenvalue weighted by Gasteiger charge is -2.10. The molecule has 0 saturated carbocycles. The predicted molar refractivity (Wildman–Crippen MR) is 552 cm³/mol. The van der Waals surface area contributed by atoms with Gasteiger partial charge in [0.05, 0.1) is 26.1 Å². The Balaban J connectivity index is 0.000000116. The summed E-state index contributed by atoms with van der Waals surface area (Å²) in [5.41, 5.74) is 13.3. The number of nitrogens with zero attached hydrogens (tertiary/aromatic N) is 9. The Morgan fingerprint density at radius 1 is 0.148 bits per heavy atom. The average molecular weight is 1740 g/mol. The number of hydrogen-bond donors (Lipinski definition) is 0. The van der Waals surface area contributed by atoms with Crippen molar-refractivity contribution in [1.29, 1.82) is 0 Å². The number of fused-ring (bicyclic) bond motifs is 15. The fraction of sp³-hybridized carbons (Fsp3) is 0. The third-order valence-corrected chi connectivity index (χ3v) is 24.5. The fourth-order valence-electron chi connectivity index (χ4n) is 17.7. The Labute approximate surface area is 795 Å². The van der Waals surface area contributed by atoms with Gasteiger partial charge >= 0.3 is 0 Å². The zero-order chi connectivity index (χ0) is 102. The van der Waals surface area contributed by atoms with Gasteiger partial charge in [0.15, 0.2) is 52.4 Å². The van der Waals surface area contributed by atoms with Crippen molar-refractivity contribution >= 4 is 130 Å². The van der Waals surface area contributed by atoms with Crippen LogP contribution in [-0.4, -0.2) is 44.9 Å². The van der Waals surface area contributed by atoms with Crippen molar-refractivity contribution < 1.29 is 33.8 Å². The van der Waals surface area contributed by atoms with E-state index in [0.29, 0.717) is 91.4 Å². The minimum Gasteiger partial charge on any atom is -0.456 e. The first-order chi connectivity index (χ1) is 73.0. The van der Waals surface area contributed by atoms with E-state index in [4.69, 9.17) is 78.7 Å². The molecular formula is C123H75N9O3. The molecule has 0 amide bonds. The van der Waals surface area contributed by atoms with Crippen molar-refractivity contribution in [3.8, 4) is 136 Å². The van der Waals surface area contributed by atoms with Gasteiger partial charge < -0.3 is 13.3 Å². The maximum Gasteiger partial charge on any atom is 0.167 e. The normalized spacial score (nSPS) is 13.1. The summed E-state index contributed by atoms with van der Waals surface area (Å²) in [7, 11) is 0. The maximum absolute atomic E-state index is 8.43. The standard InChI is InChI=1S/3C41H25N3O/c1-2-9-26(10-3-1)28-17-20-29(21-18-28)39-42-40(33-22-19-27-11-4-5-12-30(27)23-33)44-41(43-39)35-16-8-15-34-36-24-31-13-6-7-14-32(31)25-37(36)45-38(34)35;1-2-8-26(9-3-1)28-14-17-29(18-15-28)39-42-40(33-19-16-27-10-4-5-11-30(27)22-33)44-41(43-39)34-20-21-37-35(24-34)36-23-31-12-6-7-13-32(31)25-38(36)45-37;1-2-8-26(9-3-1)28-14-17-29(18-15-28)39-42-40(33-19-16-27-10-4-5-11-30(27)22-33)44-41(43-39)34-20-21-35-36-23-31-12-6-7-13-32(31)24-38(36)45-37(35)25-34/h3*1-25H/i1D,2D,3D,9D,10D;2*1D,2D,3D,8D,9D. The lowest BCUT2D eigenvalue weighted by molar-refractivity contribution is 0.669. The van der Waals surface area contributed by atoms with Gasteiger partial charge in [-0.05, 0) is 189 Å². The highest BCUT2D eigenvalue weighted by molar-refractivity contribution is 6.15. The Bertz CT molecular complexity index is 10200. The Hall–Kier alpha value is -18.4. The summed E-state index contributed by atoms with van der Waals surface area (Å²) >= 11 is 0. The second kappa shape index (κ2) is 33.6. The smallest absolute Gasteiger partial charge is 0.167 e.